The largest absolute Gasteiger partial charge is 0.459 e. The number of aryl methyl sites for hydroxylation is 1. The molecule has 1 unspecified atom stereocenters. The van der Waals surface area contributed by atoms with Gasteiger partial charge >= 0.3 is 5.97 Å². The SMILES string of the molecule is Cc1cccc(C(=O)OCC(O)CO)c1N. The van der Waals surface area contributed by atoms with E-state index in [4.69, 9.17) is 20.7 Å². The van der Waals surface area contributed by atoms with E-state index in [1.165, 1.54) is 0 Å². The van der Waals surface area contributed by atoms with Gasteiger partial charge < -0.3 is 20.7 Å². The summed E-state index contributed by atoms with van der Waals surface area (Å²) in [7, 11) is 0. The molecule has 0 aliphatic carbocycles. The average Bonchev–Trinajstić information content (AvgIpc) is 2.29. The van der Waals surface area contributed by atoms with Gasteiger partial charge in [-0.2, -0.15) is 0 Å². The van der Waals surface area contributed by atoms with Gasteiger partial charge in [0.25, 0.3) is 0 Å². The highest BCUT2D eigenvalue weighted by atomic mass is 16.5. The lowest BCUT2D eigenvalue weighted by Crippen LogP contribution is -2.22. The summed E-state index contributed by atoms with van der Waals surface area (Å²) in [4.78, 5) is 11.5. The lowest BCUT2D eigenvalue weighted by atomic mass is 10.1. The number of anilines is 1. The Kier molecular flexibility index (Phi) is 4.28. The molecule has 0 saturated carbocycles. The van der Waals surface area contributed by atoms with Gasteiger partial charge in [-0.3, -0.25) is 0 Å². The Morgan fingerprint density at radius 2 is 2.25 bits per heavy atom. The standard InChI is InChI=1S/C11H15NO4/c1-7-3-2-4-9(10(7)12)11(15)16-6-8(14)5-13/h2-4,8,13-14H,5-6,12H2,1H3. The third kappa shape index (κ3) is 2.95. The van der Waals surface area contributed by atoms with Crippen LogP contribution in [0.15, 0.2) is 18.2 Å². The molecule has 16 heavy (non-hydrogen) atoms. The number of aliphatic hydroxyl groups excluding tert-OH is 2. The molecule has 0 amide bonds. The molecule has 1 atom stereocenters. The molecule has 0 heterocycles. The number of aliphatic hydroxyl groups is 2. The van der Waals surface area contributed by atoms with E-state index in [-0.39, 0.29) is 12.2 Å². The number of nitrogen functional groups attached to an aromatic ring is 1. The van der Waals surface area contributed by atoms with Gasteiger partial charge in [0.15, 0.2) is 0 Å². The predicted molar refractivity (Wildman–Crippen MR) is 59.0 cm³/mol. The average molecular weight is 225 g/mol. The lowest BCUT2D eigenvalue weighted by molar-refractivity contribution is 0.00941. The van der Waals surface area contributed by atoms with Crippen LogP contribution in [0.1, 0.15) is 15.9 Å². The van der Waals surface area contributed by atoms with Crippen molar-refractivity contribution in [1.82, 2.24) is 0 Å². The van der Waals surface area contributed by atoms with Crippen LogP contribution in [-0.2, 0) is 4.74 Å². The first-order chi connectivity index (χ1) is 7.56. The van der Waals surface area contributed by atoms with E-state index in [9.17, 15) is 4.79 Å². The number of esters is 1. The highest BCUT2D eigenvalue weighted by molar-refractivity contribution is 5.95. The van der Waals surface area contributed by atoms with E-state index in [0.717, 1.165) is 5.56 Å². The number of rotatable bonds is 4. The Bertz CT molecular complexity index is 378. The molecule has 5 nitrogen and oxygen atoms in total. The molecule has 88 valence electrons. The van der Waals surface area contributed by atoms with Crippen molar-refractivity contribution < 1.29 is 19.7 Å². The second kappa shape index (κ2) is 5.48. The summed E-state index contributed by atoms with van der Waals surface area (Å²) >= 11 is 0. The zero-order chi connectivity index (χ0) is 12.1. The molecule has 4 N–H and O–H groups in total. The van der Waals surface area contributed by atoms with E-state index < -0.39 is 18.7 Å². The van der Waals surface area contributed by atoms with Crippen molar-refractivity contribution in [3.63, 3.8) is 0 Å². The van der Waals surface area contributed by atoms with Gasteiger partial charge in [0.1, 0.15) is 12.7 Å². The summed E-state index contributed by atoms with van der Waals surface area (Å²) in [5, 5.41) is 17.6. The van der Waals surface area contributed by atoms with Gasteiger partial charge in [0.05, 0.1) is 12.2 Å². The summed E-state index contributed by atoms with van der Waals surface area (Å²) in [5.41, 5.74) is 7.13. The molecule has 0 fully saturated rings. The smallest absolute Gasteiger partial charge is 0.340 e. The van der Waals surface area contributed by atoms with Crippen LogP contribution in [0.5, 0.6) is 0 Å². The van der Waals surface area contributed by atoms with Gasteiger partial charge in [-0.05, 0) is 18.6 Å². The first-order valence-electron chi connectivity index (χ1n) is 4.87. The minimum Gasteiger partial charge on any atom is -0.459 e. The van der Waals surface area contributed by atoms with E-state index >= 15 is 0 Å². The fourth-order valence-corrected chi connectivity index (χ4v) is 1.16. The highest BCUT2D eigenvalue weighted by Crippen LogP contribution is 2.17. The van der Waals surface area contributed by atoms with Crippen LogP contribution < -0.4 is 5.73 Å². The molecule has 1 aromatic rings. The maximum absolute atomic E-state index is 11.5. The van der Waals surface area contributed by atoms with Crippen LogP contribution in [0, 0.1) is 6.92 Å². The predicted octanol–water partition coefficient (Wildman–Crippen LogP) is 0.0872. The summed E-state index contributed by atoms with van der Waals surface area (Å²) in [6, 6.07) is 5.04. The molecule has 1 aromatic carbocycles. The van der Waals surface area contributed by atoms with Gasteiger partial charge in [0, 0.05) is 5.69 Å². The Morgan fingerprint density at radius 1 is 1.56 bits per heavy atom. The molecule has 0 spiro atoms. The minimum absolute atomic E-state index is 0.247. The molecular weight excluding hydrogens is 210 g/mol. The van der Waals surface area contributed by atoms with Crippen molar-refractivity contribution in [1.29, 1.82) is 0 Å². The number of ether oxygens (including phenoxy) is 1. The first kappa shape index (κ1) is 12.5. The van der Waals surface area contributed by atoms with Crippen molar-refractivity contribution in [3.8, 4) is 0 Å². The number of benzene rings is 1. The normalized spacial score (nSPS) is 12.2. The van der Waals surface area contributed by atoms with E-state index in [1.807, 2.05) is 0 Å². The van der Waals surface area contributed by atoms with Crippen LogP contribution in [0.25, 0.3) is 0 Å². The van der Waals surface area contributed by atoms with Crippen molar-refractivity contribution >= 4 is 11.7 Å². The third-order valence-electron chi connectivity index (χ3n) is 2.16. The summed E-state index contributed by atoms with van der Waals surface area (Å²) in [5.74, 6) is -0.603. The summed E-state index contributed by atoms with van der Waals surface area (Å²) in [6.07, 6.45) is -1.06. The Hall–Kier alpha value is -1.59. The number of hydrogen-bond acceptors (Lipinski definition) is 5. The molecular formula is C11H15NO4. The second-order valence-corrected chi connectivity index (χ2v) is 3.47. The monoisotopic (exact) mass is 225 g/mol. The summed E-state index contributed by atoms with van der Waals surface area (Å²) < 4.78 is 4.79. The van der Waals surface area contributed by atoms with Crippen molar-refractivity contribution in [2.24, 2.45) is 0 Å². The molecule has 0 saturated heterocycles. The highest BCUT2D eigenvalue weighted by Gasteiger charge is 2.13. The van der Waals surface area contributed by atoms with Gasteiger partial charge in [-0.1, -0.05) is 12.1 Å². The molecule has 5 heteroatoms. The van der Waals surface area contributed by atoms with Crippen molar-refractivity contribution in [2.45, 2.75) is 13.0 Å². The second-order valence-electron chi connectivity index (χ2n) is 3.47. The zero-order valence-electron chi connectivity index (χ0n) is 9.01. The quantitative estimate of drug-likeness (QED) is 0.498. The van der Waals surface area contributed by atoms with Crippen LogP contribution in [-0.4, -0.2) is 35.5 Å². The molecule has 0 bridgehead atoms. The number of para-hydroxylation sites is 1. The Morgan fingerprint density at radius 3 is 2.88 bits per heavy atom. The molecule has 0 radical (unpaired) electrons. The van der Waals surface area contributed by atoms with Gasteiger partial charge in [-0.15, -0.1) is 0 Å². The van der Waals surface area contributed by atoms with Crippen molar-refractivity contribution in [3.05, 3.63) is 29.3 Å². The Labute approximate surface area is 93.5 Å². The lowest BCUT2D eigenvalue weighted by Gasteiger charge is -2.10. The Balaban J connectivity index is 2.70. The van der Waals surface area contributed by atoms with Crippen LogP contribution >= 0.6 is 0 Å². The molecule has 0 aromatic heterocycles. The third-order valence-corrected chi connectivity index (χ3v) is 2.16. The fourth-order valence-electron chi connectivity index (χ4n) is 1.16. The van der Waals surface area contributed by atoms with E-state index in [1.54, 1.807) is 25.1 Å². The van der Waals surface area contributed by atoms with Crippen LogP contribution in [0.2, 0.25) is 0 Å². The maximum Gasteiger partial charge on any atom is 0.340 e. The van der Waals surface area contributed by atoms with Crippen LogP contribution in [0.3, 0.4) is 0 Å². The first-order valence-corrected chi connectivity index (χ1v) is 4.87. The topological polar surface area (TPSA) is 92.8 Å². The summed E-state index contributed by atoms with van der Waals surface area (Å²) in [6.45, 7) is 1.09. The number of nitrogens with two attached hydrogens (primary N) is 1. The molecule has 0 aliphatic heterocycles. The van der Waals surface area contributed by atoms with E-state index in [0.29, 0.717) is 5.69 Å². The number of carbonyl (C=O) groups is 1. The number of carbonyl (C=O) groups excluding carboxylic acids is 1. The van der Waals surface area contributed by atoms with E-state index in [2.05, 4.69) is 0 Å². The fraction of sp³-hybridized carbons (Fsp3) is 0.364. The maximum atomic E-state index is 11.5. The van der Waals surface area contributed by atoms with Crippen molar-refractivity contribution in [2.75, 3.05) is 18.9 Å². The zero-order valence-corrected chi connectivity index (χ0v) is 9.01. The van der Waals surface area contributed by atoms with Gasteiger partial charge in [0.2, 0.25) is 0 Å². The molecule has 1 rings (SSSR count). The van der Waals surface area contributed by atoms with Crippen LogP contribution in [0.4, 0.5) is 5.69 Å². The van der Waals surface area contributed by atoms with Gasteiger partial charge in [-0.25, -0.2) is 4.79 Å². The minimum atomic E-state index is -1.06. The molecule has 0 aliphatic rings. The number of hydrogen-bond donors (Lipinski definition) is 3.